The number of rotatable bonds is 7. The Kier molecular flexibility index (Phi) is 6.79. The molecule has 0 bridgehead atoms. The van der Waals surface area contributed by atoms with E-state index in [9.17, 15) is 13.2 Å². The number of ether oxygens (including phenoxy) is 1. The maximum Gasteiger partial charge on any atom is 0.271 e. The van der Waals surface area contributed by atoms with Gasteiger partial charge in [0.2, 0.25) is 5.91 Å². The third-order valence-electron chi connectivity index (χ3n) is 4.92. The number of morpholine rings is 1. The van der Waals surface area contributed by atoms with E-state index in [0.717, 1.165) is 45.7 Å². The van der Waals surface area contributed by atoms with E-state index in [4.69, 9.17) is 9.72 Å². The first-order chi connectivity index (χ1) is 15.3. The minimum atomic E-state index is -3.72. The molecule has 32 heavy (non-hydrogen) atoms. The van der Waals surface area contributed by atoms with Crippen molar-refractivity contribution in [2.45, 2.75) is 24.1 Å². The van der Waals surface area contributed by atoms with Crippen LogP contribution in [0.15, 0.2) is 46.0 Å². The molecule has 1 aliphatic rings. The molecular formula is C21H24N4O4S3. The predicted octanol–water partition coefficient (Wildman–Crippen LogP) is 3.71. The molecule has 1 aliphatic heterocycles. The number of anilines is 2. The summed E-state index contributed by atoms with van der Waals surface area (Å²) in [5.41, 5.74) is 2.26. The minimum Gasteiger partial charge on any atom is -0.378 e. The number of amides is 1. The Morgan fingerprint density at radius 1 is 1.16 bits per heavy atom. The van der Waals surface area contributed by atoms with Crippen LogP contribution in [-0.4, -0.2) is 45.6 Å². The van der Waals surface area contributed by atoms with Crippen LogP contribution in [0.5, 0.6) is 0 Å². The van der Waals surface area contributed by atoms with Gasteiger partial charge in [-0.1, -0.05) is 12.1 Å². The Balaban J connectivity index is 1.44. The van der Waals surface area contributed by atoms with Gasteiger partial charge in [0.1, 0.15) is 4.21 Å². The molecule has 1 amide bonds. The molecule has 11 heteroatoms. The van der Waals surface area contributed by atoms with Crippen LogP contribution in [0.4, 0.5) is 10.8 Å². The predicted molar refractivity (Wildman–Crippen MR) is 128 cm³/mol. The second-order valence-electron chi connectivity index (χ2n) is 7.38. The Bertz CT molecular complexity index is 1180. The van der Waals surface area contributed by atoms with Crippen LogP contribution in [0.1, 0.15) is 24.8 Å². The lowest BCUT2D eigenvalue weighted by Crippen LogP contribution is -2.36. The molecule has 3 heterocycles. The fourth-order valence-electron chi connectivity index (χ4n) is 3.30. The highest BCUT2D eigenvalue weighted by Gasteiger charge is 2.20. The molecule has 0 aliphatic carbocycles. The average Bonchev–Trinajstić information content (AvgIpc) is 3.45. The zero-order valence-electron chi connectivity index (χ0n) is 17.7. The quantitative estimate of drug-likeness (QED) is 0.522. The number of carbonyl (C=O) groups excluding carboxylic acids is 1. The summed E-state index contributed by atoms with van der Waals surface area (Å²) in [6.07, 6.45) is 0. The van der Waals surface area contributed by atoms with Gasteiger partial charge in [0.15, 0.2) is 5.13 Å². The topological polar surface area (TPSA) is 101 Å². The Morgan fingerprint density at radius 3 is 2.56 bits per heavy atom. The van der Waals surface area contributed by atoms with Crippen molar-refractivity contribution >= 4 is 49.4 Å². The van der Waals surface area contributed by atoms with Crippen LogP contribution in [0.3, 0.4) is 0 Å². The molecule has 0 saturated carbocycles. The number of thiophene rings is 1. The number of nitrogens with zero attached hydrogens (tertiary/aromatic N) is 2. The molecule has 2 N–H and O–H groups in total. The first-order valence-corrected chi connectivity index (χ1v) is 13.3. The number of sulfonamides is 1. The van der Waals surface area contributed by atoms with Gasteiger partial charge in [-0.05, 0) is 31.2 Å². The number of hydrogen-bond donors (Lipinski definition) is 2. The number of benzene rings is 1. The van der Waals surface area contributed by atoms with Gasteiger partial charge in [0.05, 0.1) is 24.9 Å². The van der Waals surface area contributed by atoms with Crippen LogP contribution < -0.4 is 14.9 Å². The maximum absolute atomic E-state index is 12.8. The van der Waals surface area contributed by atoms with E-state index in [0.29, 0.717) is 18.9 Å². The number of thiazole rings is 1. The average molecular weight is 493 g/mol. The van der Waals surface area contributed by atoms with Crippen LogP contribution >= 0.6 is 22.7 Å². The monoisotopic (exact) mass is 492 g/mol. The molecule has 4 rings (SSSR count). The van der Waals surface area contributed by atoms with Crippen LogP contribution in [-0.2, 0) is 19.6 Å². The van der Waals surface area contributed by atoms with Gasteiger partial charge >= 0.3 is 0 Å². The van der Waals surface area contributed by atoms with Gasteiger partial charge in [-0.15, -0.1) is 22.7 Å². The molecule has 3 aromatic rings. The Hall–Kier alpha value is -2.47. The van der Waals surface area contributed by atoms with Crippen LogP contribution in [0, 0.1) is 0 Å². The summed E-state index contributed by atoms with van der Waals surface area (Å²) in [5.74, 6) is -0.161. The minimum absolute atomic E-state index is 0.161. The van der Waals surface area contributed by atoms with Crippen LogP contribution in [0.2, 0.25) is 0 Å². The van der Waals surface area contributed by atoms with Gasteiger partial charge in [0, 0.05) is 41.5 Å². The first kappa shape index (κ1) is 22.7. The number of hydrogen-bond acceptors (Lipinski definition) is 8. The molecular weight excluding hydrogens is 468 g/mol. The fourth-order valence-corrected chi connectivity index (χ4v) is 6.57. The fraction of sp³-hybridized carbons (Fsp3) is 0.333. The lowest BCUT2D eigenvalue weighted by Gasteiger charge is -2.26. The van der Waals surface area contributed by atoms with Crippen molar-refractivity contribution in [3.63, 3.8) is 0 Å². The molecule has 0 spiro atoms. The summed E-state index contributed by atoms with van der Waals surface area (Å²) in [6.45, 7) is 6.34. The molecule has 1 saturated heterocycles. The molecule has 1 fully saturated rings. The lowest BCUT2D eigenvalue weighted by molar-refractivity contribution is -0.119. The Labute approximate surface area is 195 Å². The number of carbonyl (C=O) groups is 1. The first-order valence-electron chi connectivity index (χ1n) is 10.1. The molecule has 2 aromatic heterocycles. The van der Waals surface area contributed by atoms with Crippen molar-refractivity contribution in [3.8, 4) is 11.3 Å². The molecule has 170 valence electrons. The van der Waals surface area contributed by atoms with Gasteiger partial charge in [-0.3, -0.25) is 9.52 Å². The van der Waals surface area contributed by atoms with E-state index in [2.05, 4.69) is 14.9 Å². The van der Waals surface area contributed by atoms with Gasteiger partial charge < -0.3 is 15.0 Å². The van der Waals surface area contributed by atoms with Crippen molar-refractivity contribution in [2.75, 3.05) is 35.9 Å². The highest BCUT2D eigenvalue weighted by atomic mass is 32.2. The van der Waals surface area contributed by atoms with Crippen molar-refractivity contribution in [1.82, 2.24) is 10.3 Å². The van der Waals surface area contributed by atoms with Crippen molar-refractivity contribution < 1.29 is 17.9 Å². The van der Waals surface area contributed by atoms with Crippen molar-refractivity contribution in [2.24, 2.45) is 0 Å². The van der Waals surface area contributed by atoms with Crippen molar-refractivity contribution in [1.29, 1.82) is 0 Å². The van der Waals surface area contributed by atoms with E-state index in [-0.39, 0.29) is 16.2 Å². The van der Waals surface area contributed by atoms with Crippen molar-refractivity contribution in [3.05, 3.63) is 46.7 Å². The summed E-state index contributed by atoms with van der Waals surface area (Å²) in [7, 11) is -3.72. The van der Waals surface area contributed by atoms with E-state index in [1.54, 1.807) is 35.6 Å². The largest absolute Gasteiger partial charge is 0.378 e. The standard InChI is InChI=1S/C21H24N4O4S3/c1-14(22-15(2)26)19-7-8-20(31-19)32(27,28)24-17-5-3-16(4-6-17)18-13-30-21(23-18)25-9-11-29-12-10-25/h3-8,13-14,24H,9-12H2,1-2H3,(H,22,26). The van der Waals surface area contributed by atoms with E-state index in [1.807, 2.05) is 24.4 Å². The van der Waals surface area contributed by atoms with Crippen LogP contribution in [0.25, 0.3) is 11.3 Å². The highest BCUT2D eigenvalue weighted by molar-refractivity contribution is 7.94. The molecule has 8 nitrogen and oxygen atoms in total. The molecule has 1 atom stereocenters. The van der Waals surface area contributed by atoms with Gasteiger partial charge in [0.25, 0.3) is 10.0 Å². The van der Waals surface area contributed by atoms with Gasteiger partial charge in [-0.2, -0.15) is 0 Å². The third kappa shape index (κ3) is 5.29. The SMILES string of the molecule is CC(=O)NC(C)c1ccc(S(=O)(=O)Nc2ccc(-c3csc(N4CCOCC4)n3)cc2)s1. The molecule has 1 unspecified atom stereocenters. The Morgan fingerprint density at radius 2 is 1.88 bits per heavy atom. The van der Waals surface area contributed by atoms with E-state index in [1.165, 1.54) is 6.92 Å². The molecule has 0 radical (unpaired) electrons. The third-order valence-corrected chi connectivity index (χ3v) is 8.96. The number of aromatic nitrogens is 1. The zero-order valence-corrected chi connectivity index (χ0v) is 20.1. The van der Waals surface area contributed by atoms with E-state index >= 15 is 0 Å². The smallest absolute Gasteiger partial charge is 0.271 e. The maximum atomic E-state index is 12.8. The van der Waals surface area contributed by atoms with E-state index < -0.39 is 10.0 Å². The summed E-state index contributed by atoms with van der Waals surface area (Å²) in [4.78, 5) is 18.9. The summed E-state index contributed by atoms with van der Waals surface area (Å²) >= 11 is 2.73. The normalized spacial score (nSPS) is 15.4. The number of nitrogens with one attached hydrogen (secondary N) is 2. The van der Waals surface area contributed by atoms with Gasteiger partial charge in [-0.25, -0.2) is 13.4 Å². The lowest BCUT2D eigenvalue weighted by atomic mass is 10.1. The molecule has 1 aromatic carbocycles. The summed E-state index contributed by atoms with van der Waals surface area (Å²) < 4.78 is 33.8. The summed E-state index contributed by atoms with van der Waals surface area (Å²) in [6, 6.07) is 10.2. The highest BCUT2D eigenvalue weighted by Crippen LogP contribution is 2.30. The second kappa shape index (κ2) is 9.57. The zero-order chi connectivity index (χ0) is 22.7. The second-order valence-corrected chi connectivity index (χ2v) is 11.2. The summed E-state index contributed by atoms with van der Waals surface area (Å²) in [5, 5.41) is 5.73.